The molecule has 4 N–H and O–H groups in total. The lowest BCUT2D eigenvalue weighted by atomic mass is 9.94. The number of halogens is 5. The molecule has 0 spiro atoms. The Morgan fingerprint density at radius 3 is 1.34 bits per heavy atom. The highest BCUT2D eigenvalue weighted by Gasteiger charge is 2.53. The van der Waals surface area contributed by atoms with Crippen LogP contribution in [0, 0.1) is 0 Å². The Hall–Kier alpha value is -4.85. The summed E-state index contributed by atoms with van der Waals surface area (Å²) in [6, 6.07) is 23.9. The van der Waals surface area contributed by atoms with E-state index >= 15 is 0 Å². The second-order valence-electron chi connectivity index (χ2n) is 14.9. The van der Waals surface area contributed by atoms with Gasteiger partial charge in [-0.15, -0.1) is 0 Å². The molecule has 11 rings (SSSR count). The third-order valence-corrected chi connectivity index (χ3v) is 12.3. The van der Waals surface area contributed by atoms with Gasteiger partial charge in [0.15, 0.2) is 34.5 Å². The molecular formula is C43H37Br2Cl3N4O11S. The summed E-state index contributed by atoms with van der Waals surface area (Å²) in [6.45, 7) is 0.709. The molecule has 0 unspecified atom stereocenters. The molecule has 0 radical (unpaired) electrons. The van der Waals surface area contributed by atoms with E-state index in [1.54, 1.807) is 36.7 Å². The van der Waals surface area contributed by atoms with E-state index in [-0.39, 0.29) is 31.5 Å². The van der Waals surface area contributed by atoms with Crippen LogP contribution in [0.5, 0.6) is 34.5 Å². The highest BCUT2D eigenvalue weighted by Crippen LogP contribution is 2.53. The van der Waals surface area contributed by atoms with Gasteiger partial charge in [0.25, 0.3) is 0 Å². The molecule has 5 aromatic rings. The largest absolute Gasteiger partial charge is 0.481 e. The van der Waals surface area contributed by atoms with Crippen molar-refractivity contribution in [3.8, 4) is 34.5 Å². The summed E-state index contributed by atoms with van der Waals surface area (Å²) in [5.74, 6) is 4.55. The zero-order valence-corrected chi connectivity index (χ0v) is 39.6. The molecule has 1 amide bonds. The summed E-state index contributed by atoms with van der Waals surface area (Å²) in [6.07, 6.45) is 8.06. The van der Waals surface area contributed by atoms with Crippen molar-refractivity contribution in [2.24, 2.45) is 0 Å². The zero-order valence-electron chi connectivity index (χ0n) is 33.3. The van der Waals surface area contributed by atoms with Crippen LogP contribution in [0.15, 0.2) is 100 Å². The van der Waals surface area contributed by atoms with Gasteiger partial charge in [0, 0.05) is 42.7 Å². The third kappa shape index (κ3) is 11.1. The predicted molar refractivity (Wildman–Crippen MR) is 246 cm³/mol. The average molecular weight is 1080 g/mol. The van der Waals surface area contributed by atoms with Gasteiger partial charge in [-0.3, -0.25) is 14.4 Å². The Labute approximate surface area is 399 Å². The van der Waals surface area contributed by atoms with Crippen LogP contribution in [-0.2, 0) is 39.9 Å². The van der Waals surface area contributed by atoms with E-state index < -0.39 is 31.4 Å². The maximum Gasteiger partial charge on any atom is 0.314 e. The van der Waals surface area contributed by atoms with Gasteiger partial charge in [0.05, 0.1) is 16.2 Å². The number of nitrogens with two attached hydrogens (primary N) is 1. The first-order valence-corrected chi connectivity index (χ1v) is 24.1. The van der Waals surface area contributed by atoms with E-state index in [1.165, 1.54) is 0 Å². The number of anilines is 2. The van der Waals surface area contributed by atoms with Crippen LogP contribution in [0.4, 0.5) is 11.6 Å². The number of pyridine rings is 2. The molecule has 2 aromatic heterocycles. The number of nitrogens with zero attached hydrogens (tertiary/aromatic N) is 2. The van der Waals surface area contributed by atoms with Crippen LogP contribution in [0.2, 0.25) is 0 Å². The first kappa shape index (κ1) is 47.1. The highest BCUT2D eigenvalue weighted by molar-refractivity contribution is 9.10. The van der Waals surface area contributed by atoms with Crippen molar-refractivity contribution in [3.63, 3.8) is 0 Å². The number of benzene rings is 3. The molecule has 21 heteroatoms. The fourth-order valence-electron chi connectivity index (χ4n) is 6.90. The van der Waals surface area contributed by atoms with Crippen molar-refractivity contribution >= 4 is 103 Å². The Balaban J connectivity index is 0.000000130. The van der Waals surface area contributed by atoms with Gasteiger partial charge in [0.2, 0.25) is 40.8 Å². The van der Waals surface area contributed by atoms with E-state index in [9.17, 15) is 14.4 Å². The number of carboxylic acid groups (broad SMARTS) is 1. The van der Waals surface area contributed by atoms with Crippen LogP contribution in [0.3, 0.4) is 0 Å². The Kier molecular flexibility index (Phi) is 14.8. The number of carbonyl (C=O) groups excluding carboxylic acids is 2. The molecule has 64 heavy (non-hydrogen) atoms. The van der Waals surface area contributed by atoms with E-state index in [1.807, 2.05) is 54.6 Å². The molecule has 3 aliphatic carbocycles. The Morgan fingerprint density at radius 1 is 0.609 bits per heavy atom. The number of hydrogen-bond donors (Lipinski definition) is 3. The van der Waals surface area contributed by atoms with Crippen LogP contribution in [0.25, 0.3) is 0 Å². The first-order valence-electron chi connectivity index (χ1n) is 19.3. The number of rotatable bonds is 7. The fourth-order valence-corrected chi connectivity index (χ4v) is 7.67. The normalized spacial score (nSPS) is 17.0. The number of amides is 1. The fraction of sp³-hybridized carbons (Fsp3) is 0.279. The van der Waals surface area contributed by atoms with E-state index in [2.05, 4.69) is 68.5 Å². The van der Waals surface area contributed by atoms with Crippen LogP contribution >= 0.6 is 64.8 Å². The van der Waals surface area contributed by atoms with Gasteiger partial charge in [-0.2, -0.15) is 0 Å². The number of carbonyl (C=O) groups is 3. The number of fused-ring (bicyclic) bond motifs is 3. The molecule has 3 fully saturated rings. The number of aromatic nitrogens is 2. The van der Waals surface area contributed by atoms with Gasteiger partial charge in [-0.05, 0) is 159 Å². The van der Waals surface area contributed by atoms with Gasteiger partial charge in [0.1, 0.15) is 11.6 Å². The van der Waals surface area contributed by atoms with Crippen molar-refractivity contribution in [1.82, 2.24) is 9.97 Å². The summed E-state index contributed by atoms with van der Waals surface area (Å²) < 4.78 is 42.5. The van der Waals surface area contributed by atoms with E-state index in [0.29, 0.717) is 47.5 Å². The molecule has 6 aliphatic rings. The molecule has 5 heterocycles. The summed E-state index contributed by atoms with van der Waals surface area (Å²) >= 11 is 12.2. The minimum Gasteiger partial charge on any atom is -0.481 e. The lowest BCUT2D eigenvalue weighted by Gasteiger charge is -2.16. The SMILES string of the molecule is Nc1ccc(Br)cn1.O=C(Cl)C1(c2ccc3c(c2)OCO3)CC1.O=C(Nc1ccc(Br)cn1)C1(c2ccc3c(c2)OCO3)CC1.O=C(O)C1(c2ccc3c(c2)OCO3)CC1.O=S(Cl)Cl. The van der Waals surface area contributed by atoms with Crippen molar-refractivity contribution in [2.45, 2.75) is 54.8 Å². The van der Waals surface area contributed by atoms with Gasteiger partial charge in [-0.1, -0.05) is 18.2 Å². The second kappa shape index (κ2) is 20.1. The van der Waals surface area contributed by atoms with Crippen molar-refractivity contribution < 1.29 is 52.1 Å². The summed E-state index contributed by atoms with van der Waals surface area (Å²) in [4.78, 5) is 43.1. The molecule has 0 bridgehead atoms. The molecule has 0 saturated heterocycles. The lowest BCUT2D eigenvalue weighted by molar-refractivity contribution is -0.140. The number of ether oxygens (including phenoxy) is 6. The van der Waals surface area contributed by atoms with Gasteiger partial charge < -0.3 is 44.6 Å². The monoisotopic (exact) mass is 1080 g/mol. The number of hydrogen-bond acceptors (Lipinski definition) is 13. The highest BCUT2D eigenvalue weighted by atomic mass is 79.9. The summed E-state index contributed by atoms with van der Waals surface area (Å²) in [5, 5.41) is 11.8. The molecule has 15 nitrogen and oxygen atoms in total. The number of aliphatic carboxylic acids is 1. The van der Waals surface area contributed by atoms with Crippen LogP contribution in [0.1, 0.15) is 55.2 Å². The molecule has 3 saturated carbocycles. The molecule has 0 atom stereocenters. The molecule has 3 aromatic carbocycles. The maximum absolute atomic E-state index is 12.6. The topological polar surface area (TPSA) is 208 Å². The van der Waals surface area contributed by atoms with Gasteiger partial charge in [-0.25, -0.2) is 14.2 Å². The second-order valence-corrected chi connectivity index (χ2v) is 19.6. The van der Waals surface area contributed by atoms with Gasteiger partial charge >= 0.3 is 5.97 Å². The maximum atomic E-state index is 12.6. The van der Waals surface area contributed by atoms with Crippen molar-refractivity contribution in [2.75, 3.05) is 31.4 Å². The standard InChI is InChI=1S/C16H13BrN2O3.C11H9ClO3.C11H10O4.C5H5BrN2.Cl2OS/c17-11-2-4-14(18-8-11)19-15(20)16(5-6-16)10-1-3-12-13(7-10)22-9-21-12;2*12-10(13)11(3-4-11)7-1-2-8-9(5-7)15-6-14-8;6-4-1-2-5(7)8-3-4;1-4(2)3/h1-4,7-8H,5-6,9H2,(H,18,19,20);1-2,5H,3-4,6H2;1-2,5H,3-4,6H2,(H,12,13);1-3H,(H2,7,8);. The summed E-state index contributed by atoms with van der Waals surface area (Å²) in [5.41, 5.74) is 6.42. The molecule has 336 valence electrons. The Morgan fingerprint density at radius 2 is 1.00 bits per heavy atom. The number of nitrogen functional groups attached to an aromatic ring is 1. The van der Waals surface area contributed by atoms with Crippen molar-refractivity contribution in [3.05, 3.63) is 117 Å². The third-order valence-electron chi connectivity index (χ3n) is 11.0. The van der Waals surface area contributed by atoms with E-state index in [0.717, 1.165) is 62.8 Å². The smallest absolute Gasteiger partial charge is 0.314 e. The molecular weight excluding hydrogens is 1050 g/mol. The predicted octanol–water partition coefficient (Wildman–Crippen LogP) is 9.46. The van der Waals surface area contributed by atoms with Crippen molar-refractivity contribution in [1.29, 1.82) is 0 Å². The van der Waals surface area contributed by atoms with E-state index in [4.69, 9.17) is 55.1 Å². The minimum atomic E-state index is -1.67. The first-order chi connectivity index (χ1) is 30.6. The average Bonchev–Trinajstić information content (AvgIpc) is 4.24. The zero-order chi connectivity index (χ0) is 45.6. The van der Waals surface area contributed by atoms with Crippen LogP contribution < -0.4 is 39.5 Å². The molecule has 3 aliphatic heterocycles. The summed E-state index contributed by atoms with van der Waals surface area (Å²) in [7, 11) is 7.36. The quantitative estimate of drug-likeness (QED) is 0.130. The number of nitrogens with one attached hydrogen (secondary N) is 1. The minimum absolute atomic E-state index is 0.0267. The number of carboxylic acids is 1. The van der Waals surface area contributed by atoms with Crippen LogP contribution in [-0.4, -0.2) is 56.8 Å². The Bertz CT molecular complexity index is 2460. The lowest BCUT2D eigenvalue weighted by Crippen LogP contribution is -2.28.